The molecule has 0 saturated carbocycles. The molecule has 0 fully saturated rings. The molecule has 0 atom stereocenters. The number of aryl methyl sites for hydroxylation is 1. The summed E-state index contributed by atoms with van der Waals surface area (Å²) in [7, 11) is 0. The molecule has 2 rings (SSSR count). The Kier molecular flexibility index (Phi) is 4.31. The first-order valence-corrected chi connectivity index (χ1v) is 7.36. The average molecular weight is 308 g/mol. The van der Waals surface area contributed by atoms with Crippen molar-refractivity contribution in [3.05, 3.63) is 57.6 Å². The van der Waals surface area contributed by atoms with Crippen molar-refractivity contribution in [1.82, 2.24) is 0 Å². The number of hydrogen-bond acceptors (Lipinski definition) is 1. The lowest BCUT2D eigenvalue weighted by atomic mass is 9.85. The summed E-state index contributed by atoms with van der Waals surface area (Å²) in [6.07, 6.45) is 0. The maximum Gasteiger partial charge on any atom is 0.0643 e. The molecule has 0 bridgehead atoms. The van der Waals surface area contributed by atoms with E-state index >= 15 is 0 Å². The fourth-order valence-corrected chi connectivity index (χ4v) is 2.57. The average Bonchev–Trinajstić information content (AvgIpc) is 2.33. The molecule has 0 saturated heterocycles. The van der Waals surface area contributed by atoms with Crippen LogP contribution < -0.4 is 5.32 Å². The number of halogens is 2. The Morgan fingerprint density at radius 1 is 0.900 bits per heavy atom. The van der Waals surface area contributed by atoms with Crippen LogP contribution in [0.15, 0.2) is 36.4 Å². The van der Waals surface area contributed by atoms with Crippen LogP contribution in [0.5, 0.6) is 0 Å². The number of benzene rings is 2. The highest BCUT2D eigenvalue weighted by atomic mass is 35.5. The van der Waals surface area contributed by atoms with E-state index in [1.165, 1.54) is 5.56 Å². The largest absolute Gasteiger partial charge is 0.354 e. The highest BCUT2D eigenvalue weighted by Gasteiger charge is 2.19. The van der Waals surface area contributed by atoms with E-state index in [0.717, 1.165) is 27.0 Å². The zero-order valence-corrected chi connectivity index (χ0v) is 13.7. The fourth-order valence-electron chi connectivity index (χ4n) is 2.11. The van der Waals surface area contributed by atoms with Crippen LogP contribution in [0.1, 0.15) is 31.9 Å². The van der Waals surface area contributed by atoms with Crippen molar-refractivity contribution in [1.29, 1.82) is 0 Å². The van der Waals surface area contributed by atoms with Crippen molar-refractivity contribution in [2.75, 3.05) is 5.32 Å². The third-order valence-corrected chi connectivity index (χ3v) is 3.73. The van der Waals surface area contributed by atoms with Gasteiger partial charge in [-0.15, -0.1) is 0 Å². The van der Waals surface area contributed by atoms with Gasteiger partial charge in [0.2, 0.25) is 0 Å². The van der Waals surface area contributed by atoms with Crippen molar-refractivity contribution in [2.45, 2.75) is 33.1 Å². The summed E-state index contributed by atoms with van der Waals surface area (Å²) >= 11 is 12.4. The van der Waals surface area contributed by atoms with E-state index in [1.807, 2.05) is 43.3 Å². The van der Waals surface area contributed by atoms with Gasteiger partial charge in [0.15, 0.2) is 0 Å². The van der Waals surface area contributed by atoms with Crippen molar-refractivity contribution in [3.8, 4) is 0 Å². The molecule has 3 heteroatoms. The van der Waals surface area contributed by atoms with Crippen molar-refractivity contribution in [3.63, 3.8) is 0 Å². The Morgan fingerprint density at radius 3 is 2.15 bits per heavy atom. The van der Waals surface area contributed by atoms with Gasteiger partial charge >= 0.3 is 0 Å². The van der Waals surface area contributed by atoms with E-state index < -0.39 is 0 Å². The van der Waals surface area contributed by atoms with Gasteiger partial charge < -0.3 is 5.32 Å². The second-order valence-electron chi connectivity index (χ2n) is 6.05. The van der Waals surface area contributed by atoms with E-state index in [2.05, 4.69) is 26.1 Å². The molecular formula is C17H19Cl2N. The molecule has 0 heterocycles. The molecular weight excluding hydrogens is 289 g/mol. The minimum Gasteiger partial charge on any atom is -0.354 e. The minimum absolute atomic E-state index is 0.00437. The summed E-state index contributed by atoms with van der Waals surface area (Å²) in [5.74, 6) is 0. The van der Waals surface area contributed by atoms with Crippen LogP contribution in [-0.2, 0) is 5.41 Å². The monoisotopic (exact) mass is 307 g/mol. The number of nitrogens with one attached hydrogen (secondary N) is 1. The quantitative estimate of drug-likeness (QED) is 0.682. The summed E-state index contributed by atoms with van der Waals surface area (Å²) < 4.78 is 0. The van der Waals surface area contributed by atoms with E-state index in [-0.39, 0.29) is 5.41 Å². The van der Waals surface area contributed by atoms with Crippen molar-refractivity contribution < 1.29 is 0 Å². The standard InChI is InChI=1S/C17H19Cl2N/c1-11-5-7-16(14(19)9-11)20-15-8-6-12(18)10-13(15)17(2,3)4/h5-10,20H,1-4H3. The fraction of sp³-hybridized carbons (Fsp3) is 0.294. The summed E-state index contributed by atoms with van der Waals surface area (Å²) in [4.78, 5) is 0. The van der Waals surface area contributed by atoms with Gasteiger partial charge in [-0.25, -0.2) is 0 Å². The Balaban J connectivity index is 2.43. The Morgan fingerprint density at radius 2 is 1.55 bits per heavy atom. The highest BCUT2D eigenvalue weighted by molar-refractivity contribution is 6.33. The number of anilines is 2. The van der Waals surface area contributed by atoms with E-state index in [0.29, 0.717) is 0 Å². The summed E-state index contributed by atoms with van der Waals surface area (Å²) in [5.41, 5.74) is 4.26. The number of rotatable bonds is 2. The molecule has 106 valence electrons. The lowest BCUT2D eigenvalue weighted by Crippen LogP contribution is -2.13. The lowest BCUT2D eigenvalue weighted by molar-refractivity contribution is 0.592. The van der Waals surface area contributed by atoms with Gasteiger partial charge in [0.25, 0.3) is 0 Å². The van der Waals surface area contributed by atoms with Crippen LogP contribution in [0.25, 0.3) is 0 Å². The third kappa shape index (κ3) is 3.47. The molecule has 0 unspecified atom stereocenters. The van der Waals surface area contributed by atoms with Gasteiger partial charge in [-0.2, -0.15) is 0 Å². The first kappa shape index (κ1) is 15.2. The predicted octanol–water partition coefficient (Wildman–Crippen LogP) is 6.34. The topological polar surface area (TPSA) is 12.0 Å². The Labute approximate surface area is 130 Å². The van der Waals surface area contributed by atoms with Gasteiger partial charge in [0, 0.05) is 10.7 Å². The van der Waals surface area contributed by atoms with Crippen molar-refractivity contribution >= 4 is 34.6 Å². The molecule has 0 aromatic heterocycles. The molecule has 20 heavy (non-hydrogen) atoms. The molecule has 0 radical (unpaired) electrons. The van der Waals surface area contributed by atoms with E-state index in [9.17, 15) is 0 Å². The second-order valence-corrected chi connectivity index (χ2v) is 6.89. The van der Waals surface area contributed by atoms with Gasteiger partial charge in [0.05, 0.1) is 10.7 Å². The summed E-state index contributed by atoms with van der Waals surface area (Å²) in [6, 6.07) is 11.9. The molecule has 0 amide bonds. The Bertz CT molecular complexity index is 627. The summed E-state index contributed by atoms with van der Waals surface area (Å²) in [5, 5.41) is 4.88. The van der Waals surface area contributed by atoms with Gasteiger partial charge in [0.1, 0.15) is 0 Å². The van der Waals surface area contributed by atoms with E-state index in [1.54, 1.807) is 0 Å². The van der Waals surface area contributed by atoms with Gasteiger partial charge in [-0.05, 0) is 53.8 Å². The molecule has 0 aliphatic rings. The normalized spacial score (nSPS) is 11.5. The zero-order chi connectivity index (χ0) is 14.9. The molecule has 1 N–H and O–H groups in total. The molecule has 0 spiro atoms. The molecule has 2 aromatic rings. The SMILES string of the molecule is Cc1ccc(Nc2ccc(Cl)cc2C(C)(C)C)c(Cl)c1. The molecule has 2 aromatic carbocycles. The predicted molar refractivity (Wildman–Crippen MR) is 89.6 cm³/mol. The van der Waals surface area contributed by atoms with Crippen LogP contribution >= 0.6 is 23.2 Å². The maximum atomic E-state index is 6.29. The second kappa shape index (κ2) is 5.67. The molecule has 0 aliphatic heterocycles. The van der Waals surface area contributed by atoms with Crippen LogP contribution in [0.4, 0.5) is 11.4 Å². The maximum absolute atomic E-state index is 6.29. The smallest absolute Gasteiger partial charge is 0.0643 e. The lowest BCUT2D eigenvalue weighted by Gasteiger charge is -2.24. The van der Waals surface area contributed by atoms with Crippen LogP contribution in [-0.4, -0.2) is 0 Å². The molecule has 0 aliphatic carbocycles. The van der Waals surface area contributed by atoms with Crippen molar-refractivity contribution in [2.24, 2.45) is 0 Å². The first-order valence-electron chi connectivity index (χ1n) is 6.60. The number of hydrogen-bond donors (Lipinski definition) is 1. The zero-order valence-electron chi connectivity index (χ0n) is 12.2. The van der Waals surface area contributed by atoms with Gasteiger partial charge in [-0.3, -0.25) is 0 Å². The van der Waals surface area contributed by atoms with Crippen LogP contribution in [0.3, 0.4) is 0 Å². The van der Waals surface area contributed by atoms with Crippen LogP contribution in [0.2, 0.25) is 10.0 Å². The van der Waals surface area contributed by atoms with Crippen LogP contribution in [0, 0.1) is 6.92 Å². The van der Waals surface area contributed by atoms with Gasteiger partial charge in [-0.1, -0.05) is 50.0 Å². The first-order chi connectivity index (χ1) is 9.27. The third-order valence-electron chi connectivity index (χ3n) is 3.18. The minimum atomic E-state index is 0.00437. The highest BCUT2D eigenvalue weighted by Crippen LogP contribution is 2.35. The van der Waals surface area contributed by atoms with E-state index in [4.69, 9.17) is 23.2 Å². The Hall–Kier alpha value is -1.18. The summed E-state index contributed by atoms with van der Waals surface area (Å²) in [6.45, 7) is 8.53. The molecule has 1 nitrogen and oxygen atoms in total.